The van der Waals surface area contributed by atoms with Gasteiger partial charge in [0, 0.05) is 11.5 Å². The van der Waals surface area contributed by atoms with Crippen molar-refractivity contribution in [2.45, 2.75) is 25.9 Å². The van der Waals surface area contributed by atoms with Crippen molar-refractivity contribution in [3.8, 4) is 5.75 Å². The van der Waals surface area contributed by atoms with E-state index in [1.165, 1.54) is 0 Å². The van der Waals surface area contributed by atoms with Crippen LogP contribution in [0.2, 0.25) is 0 Å². The van der Waals surface area contributed by atoms with Crippen LogP contribution < -0.4 is 10.1 Å². The number of rotatable bonds is 11. The van der Waals surface area contributed by atoms with Gasteiger partial charge in [0.05, 0.1) is 12.3 Å². The Labute approximate surface area is 198 Å². The van der Waals surface area contributed by atoms with E-state index in [0.717, 1.165) is 22.4 Å². The zero-order chi connectivity index (χ0) is 24.3. The number of anilines is 1. The highest BCUT2D eigenvalue weighted by Crippen LogP contribution is 2.32. The van der Waals surface area contributed by atoms with E-state index in [2.05, 4.69) is 5.32 Å². The number of carboxylic acid groups (broad SMARTS) is 1. The number of carboxylic acids is 1. The second-order valence-electron chi connectivity index (χ2n) is 7.92. The fourth-order valence-electron chi connectivity index (χ4n) is 3.74. The second-order valence-corrected chi connectivity index (χ2v) is 7.92. The zero-order valence-electron chi connectivity index (χ0n) is 19.0. The van der Waals surface area contributed by atoms with E-state index in [1.807, 2.05) is 55.5 Å². The molecular weight excluding hydrogens is 434 g/mol. The lowest BCUT2D eigenvalue weighted by Gasteiger charge is -2.25. The minimum Gasteiger partial charge on any atom is -0.491 e. The van der Waals surface area contributed by atoms with Crippen molar-refractivity contribution in [2.75, 3.05) is 18.5 Å². The molecule has 0 aromatic heterocycles. The Morgan fingerprint density at radius 2 is 1.82 bits per heavy atom. The van der Waals surface area contributed by atoms with Gasteiger partial charge in [-0.05, 0) is 47.9 Å². The quantitative estimate of drug-likeness (QED) is 0.322. The van der Waals surface area contributed by atoms with Crippen molar-refractivity contribution in [2.24, 2.45) is 5.92 Å². The maximum atomic E-state index is 12.9. The summed E-state index contributed by atoms with van der Waals surface area (Å²) in [6.45, 7) is 2.00. The number of benzene rings is 3. The van der Waals surface area contributed by atoms with Crippen molar-refractivity contribution >= 4 is 28.5 Å². The molecule has 0 bridgehead atoms. The summed E-state index contributed by atoms with van der Waals surface area (Å²) in [5, 5.41) is 22.6. The first-order valence-corrected chi connectivity index (χ1v) is 11.2. The number of fused-ring (bicyclic) bond motifs is 1. The minimum absolute atomic E-state index is 0.107. The number of aliphatic hydroxyl groups is 1. The van der Waals surface area contributed by atoms with E-state index in [4.69, 9.17) is 19.7 Å². The number of nitrogens with one attached hydrogen (secondary N) is 1. The van der Waals surface area contributed by atoms with Gasteiger partial charge in [0.25, 0.3) is 0 Å². The Morgan fingerprint density at radius 1 is 1.06 bits per heavy atom. The Kier molecular flexibility index (Phi) is 9.05. The average molecular weight is 464 g/mol. The summed E-state index contributed by atoms with van der Waals surface area (Å²) in [5.41, 5.74) is 1.40. The maximum absolute atomic E-state index is 12.9. The fraction of sp³-hybridized carbons (Fsp3) is 0.259. The first kappa shape index (κ1) is 24.8. The highest BCUT2D eigenvalue weighted by molar-refractivity contribution is 6.00. The molecule has 0 heterocycles. The lowest BCUT2D eigenvalue weighted by molar-refractivity contribution is -0.131. The molecule has 3 aromatic carbocycles. The van der Waals surface area contributed by atoms with E-state index >= 15 is 0 Å². The number of allylic oxidation sites excluding steroid dienone is 1. The number of hydrogen-bond acceptors (Lipinski definition) is 5. The average Bonchev–Trinajstić information content (AvgIpc) is 2.84. The molecule has 1 amide bonds. The van der Waals surface area contributed by atoms with E-state index in [-0.39, 0.29) is 19.1 Å². The molecule has 0 aliphatic heterocycles. The molecule has 3 aromatic rings. The minimum atomic E-state index is -0.997. The molecule has 2 atom stereocenters. The Hall–Kier alpha value is -3.84. The van der Waals surface area contributed by atoms with Crippen LogP contribution in [0.25, 0.3) is 10.8 Å². The SMILES string of the molecule is C[C@H](CC/C=C/C(=O)O)[C@H](OC(=O)Nc1cccc2ccccc12)c1cccc(OCCO)c1. The Balaban J connectivity index is 1.79. The van der Waals surface area contributed by atoms with Crippen molar-refractivity contribution in [3.63, 3.8) is 0 Å². The van der Waals surface area contributed by atoms with Gasteiger partial charge in [-0.25, -0.2) is 9.59 Å². The van der Waals surface area contributed by atoms with E-state index < -0.39 is 18.2 Å². The summed E-state index contributed by atoms with van der Waals surface area (Å²) in [5.74, 6) is -0.541. The molecule has 7 heteroatoms. The number of carbonyl (C=O) groups excluding carboxylic acids is 1. The molecule has 7 nitrogen and oxygen atoms in total. The molecule has 0 saturated carbocycles. The van der Waals surface area contributed by atoms with Crippen LogP contribution in [0.5, 0.6) is 5.75 Å². The smallest absolute Gasteiger partial charge is 0.412 e. The molecule has 34 heavy (non-hydrogen) atoms. The fourth-order valence-corrected chi connectivity index (χ4v) is 3.74. The van der Waals surface area contributed by atoms with Gasteiger partial charge >= 0.3 is 12.1 Å². The molecule has 3 rings (SSSR count). The van der Waals surface area contributed by atoms with Crippen molar-refractivity contribution in [1.82, 2.24) is 0 Å². The van der Waals surface area contributed by atoms with E-state index in [9.17, 15) is 9.59 Å². The normalized spacial score (nSPS) is 12.9. The van der Waals surface area contributed by atoms with Crippen LogP contribution in [0.4, 0.5) is 10.5 Å². The molecule has 0 fully saturated rings. The Bertz CT molecular complexity index is 1140. The molecule has 0 radical (unpaired) electrons. The first-order valence-electron chi connectivity index (χ1n) is 11.2. The summed E-state index contributed by atoms with van der Waals surface area (Å²) in [6, 6.07) is 20.6. The van der Waals surface area contributed by atoms with Gasteiger partial charge < -0.3 is 19.7 Å². The van der Waals surface area contributed by atoms with E-state index in [0.29, 0.717) is 24.3 Å². The maximum Gasteiger partial charge on any atom is 0.412 e. The standard InChI is InChI=1S/C27H29NO6/c1-19(8-2-5-15-25(30)31)26(21-11-6-12-22(18-21)33-17-16-29)34-27(32)28-24-14-7-10-20-9-3-4-13-23(20)24/h3-7,9-15,18-19,26,29H,2,8,16-17H2,1H3,(H,28,32)(H,30,31)/b15-5+/t19-,26+/m1/s1. The van der Waals surface area contributed by atoms with Crippen LogP contribution in [-0.4, -0.2) is 35.5 Å². The molecule has 178 valence electrons. The summed E-state index contributed by atoms with van der Waals surface area (Å²) >= 11 is 0. The third kappa shape index (κ3) is 7.08. The van der Waals surface area contributed by atoms with E-state index in [1.54, 1.807) is 24.3 Å². The van der Waals surface area contributed by atoms with Gasteiger partial charge in [-0.3, -0.25) is 5.32 Å². The van der Waals surface area contributed by atoms with Crippen LogP contribution in [-0.2, 0) is 9.53 Å². The number of carbonyl (C=O) groups is 2. The van der Waals surface area contributed by atoms with Crippen LogP contribution in [0.3, 0.4) is 0 Å². The number of amides is 1. The molecule has 0 unspecified atom stereocenters. The van der Waals surface area contributed by atoms with Crippen LogP contribution in [0.15, 0.2) is 78.9 Å². The number of hydrogen-bond donors (Lipinski definition) is 3. The van der Waals surface area contributed by atoms with Crippen molar-refractivity contribution in [3.05, 3.63) is 84.4 Å². The van der Waals surface area contributed by atoms with Gasteiger partial charge in [-0.1, -0.05) is 61.5 Å². The lowest BCUT2D eigenvalue weighted by Crippen LogP contribution is -2.22. The van der Waals surface area contributed by atoms with Crippen LogP contribution >= 0.6 is 0 Å². The highest BCUT2D eigenvalue weighted by Gasteiger charge is 2.24. The molecule has 3 N–H and O–H groups in total. The Morgan fingerprint density at radius 3 is 2.62 bits per heavy atom. The molecule has 0 aliphatic rings. The number of ether oxygens (including phenoxy) is 2. The number of aliphatic carboxylic acids is 1. The topological polar surface area (TPSA) is 105 Å². The monoisotopic (exact) mass is 463 g/mol. The van der Waals surface area contributed by atoms with Crippen LogP contribution in [0, 0.1) is 5.92 Å². The van der Waals surface area contributed by atoms with Crippen LogP contribution in [0.1, 0.15) is 31.4 Å². The summed E-state index contributed by atoms with van der Waals surface area (Å²) < 4.78 is 11.4. The lowest BCUT2D eigenvalue weighted by atomic mass is 9.93. The molecular formula is C27H29NO6. The second kappa shape index (κ2) is 12.4. The summed E-state index contributed by atoms with van der Waals surface area (Å²) in [7, 11) is 0. The predicted octanol–water partition coefficient (Wildman–Crippen LogP) is 5.56. The van der Waals surface area contributed by atoms with Gasteiger partial charge in [0.1, 0.15) is 18.5 Å². The third-order valence-corrected chi connectivity index (χ3v) is 5.37. The molecule has 0 saturated heterocycles. The van der Waals surface area contributed by atoms with Gasteiger partial charge in [0.15, 0.2) is 0 Å². The van der Waals surface area contributed by atoms with Crippen molar-refractivity contribution < 1.29 is 29.3 Å². The molecule has 0 aliphatic carbocycles. The predicted molar refractivity (Wildman–Crippen MR) is 131 cm³/mol. The molecule has 0 spiro atoms. The van der Waals surface area contributed by atoms with Gasteiger partial charge in [-0.2, -0.15) is 0 Å². The zero-order valence-corrected chi connectivity index (χ0v) is 19.0. The van der Waals surface area contributed by atoms with Crippen molar-refractivity contribution in [1.29, 1.82) is 0 Å². The largest absolute Gasteiger partial charge is 0.491 e. The van der Waals surface area contributed by atoms with Gasteiger partial charge in [0.2, 0.25) is 0 Å². The third-order valence-electron chi connectivity index (χ3n) is 5.37. The first-order chi connectivity index (χ1) is 16.5. The summed E-state index contributed by atoms with van der Waals surface area (Å²) in [4.78, 5) is 23.7. The summed E-state index contributed by atoms with van der Waals surface area (Å²) in [6.07, 6.45) is 2.66. The van der Waals surface area contributed by atoms with Gasteiger partial charge in [-0.15, -0.1) is 0 Å². The number of aliphatic hydroxyl groups excluding tert-OH is 1. The highest BCUT2D eigenvalue weighted by atomic mass is 16.6.